The molecule has 0 spiro atoms. The maximum Gasteiger partial charge on any atom is 0.223 e. The second-order valence-corrected chi connectivity index (χ2v) is 5.76. The summed E-state index contributed by atoms with van der Waals surface area (Å²) in [4.78, 5) is 13.6. The van der Waals surface area contributed by atoms with Crippen molar-refractivity contribution in [1.29, 1.82) is 0 Å². The molecule has 5 nitrogen and oxygen atoms in total. The average molecular weight is 373 g/mol. The van der Waals surface area contributed by atoms with Crippen LogP contribution in [0.2, 0.25) is 10.0 Å². The molecule has 0 saturated carbocycles. The number of aromatic nitrogens is 1. The third kappa shape index (κ3) is 3.10. The number of benzene rings is 1. The van der Waals surface area contributed by atoms with Crippen LogP contribution >= 0.6 is 34.8 Å². The van der Waals surface area contributed by atoms with Crippen LogP contribution in [-0.2, 0) is 0 Å². The van der Waals surface area contributed by atoms with Gasteiger partial charge in [-0.1, -0.05) is 29.3 Å². The predicted molar refractivity (Wildman–Crippen MR) is 90.8 cm³/mol. The van der Waals surface area contributed by atoms with E-state index in [2.05, 4.69) is 15.0 Å². The molecule has 1 aliphatic heterocycles. The van der Waals surface area contributed by atoms with Crippen LogP contribution in [0, 0.1) is 5.82 Å². The van der Waals surface area contributed by atoms with E-state index in [0.29, 0.717) is 10.8 Å². The minimum absolute atomic E-state index is 0.0177. The minimum Gasteiger partial charge on any atom is -0.369 e. The van der Waals surface area contributed by atoms with Crippen molar-refractivity contribution in [3.63, 3.8) is 0 Å². The zero-order valence-corrected chi connectivity index (χ0v) is 13.7. The number of aliphatic imine (C=N–C) groups is 2. The summed E-state index contributed by atoms with van der Waals surface area (Å²) < 4.78 is 14.3. The summed E-state index contributed by atoms with van der Waals surface area (Å²) in [5.74, 6) is -0.138. The maximum absolute atomic E-state index is 14.3. The lowest BCUT2D eigenvalue weighted by Crippen LogP contribution is -2.43. The molecule has 0 amide bonds. The highest BCUT2D eigenvalue weighted by atomic mass is 35.5. The van der Waals surface area contributed by atoms with Crippen molar-refractivity contribution in [3.8, 4) is 0 Å². The van der Waals surface area contributed by atoms with Crippen molar-refractivity contribution in [2.24, 2.45) is 15.7 Å². The number of nitrogens with zero attached hydrogens (tertiary/aromatic N) is 4. The van der Waals surface area contributed by atoms with Gasteiger partial charge >= 0.3 is 0 Å². The predicted octanol–water partition coefficient (Wildman–Crippen LogP) is 3.96. The van der Waals surface area contributed by atoms with E-state index in [1.165, 1.54) is 23.2 Å². The standard InChI is InChI=1S/C14H9Cl3FN5/c15-7-4-5-10(20-6-7)23-12(21-13(17)22-14(23)19)11-8(16)2-1-3-9(11)18/h1-6,12H,(H2,19,21,22). The third-order valence-corrected chi connectivity index (χ3v) is 3.88. The lowest BCUT2D eigenvalue weighted by Gasteiger charge is -2.32. The van der Waals surface area contributed by atoms with Gasteiger partial charge in [0, 0.05) is 6.20 Å². The highest BCUT2D eigenvalue weighted by Gasteiger charge is 2.32. The van der Waals surface area contributed by atoms with Gasteiger partial charge in [-0.3, -0.25) is 4.90 Å². The molecule has 2 heterocycles. The molecule has 0 saturated heterocycles. The Morgan fingerprint density at radius 3 is 2.57 bits per heavy atom. The fourth-order valence-electron chi connectivity index (χ4n) is 2.17. The maximum atomic E-state index is 14.3. The second-order valence-electron chi connectivity index (χ2n) is 4.58. The molecular formula is C14H9Cl3FN5. The molecular weight excluding hydrogens is 364 g/mol. The Kier molecular flexibility index (Phi) is 4.39. The van der Waals surface area contributed by atoms with Crippen molar-refractivity contribution in [1.82, 2.24) is 4.98 Å². The lowest BCUT2D eigenvalue weighted by atomic mass is 10.1. The van der Waals surface area contributed by atoms with Crippen molar-refractivity contribution >= 4 is 51.9 Å². The molecule has 0 radical (unpaired) electrons. The normalized spacial score (nSPS) is 17.7. The number of pyridine rings is 1. The molecule has 1 atom stereocenters. The van der Waals surface area contributed by atoms with Gasteiger partial charge in [-0.2, -0.15) is 4.99 Å². The van der Waals surface area contributed by atoms with E-state index in [4.69, 9.17) is 40.5 Å². The first-order valence-corrected chi connectivity index (χ1v) is 7.53. The Morgan fingerprint density at radius 1 is 1.13 bits per heavy atom. The largest absolute Gasteiger partial charge is 0.369 e. The van der Waals surface area contributed by atoms with Gasteiger partial charge in [0.25, 0.3) is 0 Å². The minimum atomic E-state index is -0.928. The van der Waals surface area contributed by atoms with E-state index in [1.54, 1.807) is 18.2 Å². The van der Waals surface area contributed by atoms with Gasteiger partial charge in [0.2, 0.25) is 11.3 Å². The lowest BCUT2D eigenvalue weighted by molar-refractivity contribution is 0.584. The molecule has 2 aromatic rings. The van der Waals surface area contributed by atoms with Crippen LogP contribution in [0.4, 0.5) is 10.2 Å². The molecule has 9 heteroatoms. The number of rotatable bonds is 2. The SMILES string of the molecule is NC1=NC(Cl)=NC(c2c(F)cccc2Cl)N1c1ccc(Cl)cn1. The van der Waals surface area contributed by atoms with Gasteiger partial charge in [-0.25, -0.2) is 14.4 Å². The van der Waals surface area contributed by atoms with E-state index in [1.807, 2.05) is 0 Å². The van der Waals surface area contributed by atoms with Crippen LogP contribution < -0.4 is 10.6 Å². The van der Waals surface area contributed by atoms with E-state index < -0.39 is 12.0 Å². The molecule has 2 N–H and O–H groups in total. The Hall–Kier alpha value is -1.89. The quantitative estimate of drug-likeness (QED) is 0.812. The highest BCUT2D eigenvalue weighted by Crippen LogP contribution is 2.35. The summed E-state index contributed by atoms with van der Waals surface area (Å²) in [5, 5.41) is 0.539. The average Bonchev–Trinajstić information content (AvgIpc) is 2.48. The molecule has 1 unspecified atom stereocenters. The zero-order chi connectivity index (χ0) is 16.6. The monoisotopic (exact) mass is 371 g/mol. The Bertz CT molecular complexity index is 786. The molecule has 1 aromatic carbocycles. The number of hydrogen-bond donors (Lipinski definition) is 1. The van der Waals surface area contributed by atoms with Crippen LogP contribution in [-0.4, -0.2) is 16.2 Å². The van der Waals surface area contributed by atoms with Gasteiger partial charge in [-0.05, 0) is 35.9 Å². The second kappa shape index (κ2) is 6.31. The topological polar surface area (TPSA) is 66.9 Å². The molecule has 118 valence electrons. The Morgan fingerprint density at radius 2 is 1.91 bits per heavy atom. The van der Waals surface area contributed by atoms with E-state index in [9.17, 15) is 4.39 Å². The number of nitrogens with two attached hydrogens (primary N) is 1. The van der Waals surface area contributed by atoms with Crippen LogP contribution in [0.1, 0.15) is 11.7 Å². The number of anilines is 1. The van der Waals surface area contributed by atoms with E-state index in [0.717, 1.165) is 0 Å². The Balaban J connectivity index is 2.15. The summed E-state index contributed by atoms with van der Waals surface area (Å²) in [6.45, 7) is 0. The number of hydrogen-bond acceptors (Lipinski definition) is 5. The van der Waals surface area contributed by atoms with Gasteiger partial charge in [0.1, 0.15) is 11.6 Å². The first kappa shape index (κ1) is 16.0. The summed E-state index contributed by atoms with van der Waals surface area (Å²) in [6, 6.07) is 7.56. The van der Waals surface area contributed by atoms with Crippen molar-refractivity contribution in [2.45, 2.75) is 6.17 Å². The highest BCUT2D eigenvalue weighted by molar-refractivity contribution is 6.66. The van der Waals surface area contributed by atoms with Gasteiger partial charge < -0.3 is 5.73 Å². The first-order valence-electron chi connectivity index (χ1n) is 6.39. The van der Waals surface area contributed by atoms with Crippen LogP contribution in [0.25, 0.3) is 0 Å². The molecule has 0 aliphatic carbocycles. The fraction of sp³-hybridized carbons (Fsp3) is 0.0714. The van der Waals surface area contributed by atoms with Crippen molar-refractivity contribution in [2.75, 3.05) is 4.90 Å². The van der Waals surface area contributed by atoms with E-state index >= 15 is 0 Å². The van der Waals surface area contributed by atoms with E-state index in [-0.39, 0.29) is 21.8 Å². The molecule has 0 fully saturated rings. The molecule has 1 aliphatic rings. The summed E-state index contributed by atoms with van der Waals surface area (Å²) >= 11 is 17.9. The smallest absolute Gasteiger partial charge is 0.223 e. The van der Waals surface area contributed by atoms with Crippen LogP contribution in [0.5, 0.6) is 0 Å². The molecule has 0 bridgehead atoms. The molecule has 1 aromatic heterocycles. The summed E-state index contributed by atoms with van der Waals surface area (Å²) in [7, 11) is 0. The summed E-state index contributed by atoms with van der Waals surface area (Å²) in [5.41, 5.74) is 6.07. The third-order valence-electron chi connectivity index (χ3n) is 3.14. The molecule has 3 rings (SSSR count). The van der Waals surface area contributed by atoms with Gasteiger partial charge in [0.05, 0.1) is 15.6 Å². The van der Waals surface area contributed by atoms with Gasteiger partial charge in [0.15, 0.2) is 6.17 Å². The van der Waals surface area contributed by atoms with Crippen molar-refractivity contribution in [3.05, 3.63) is 58.0 Å². The number of halogens is 4. The Labute approximate surface area is 146 Å². The first-order chi connectivity index (χ1) is 11.0. The van der Waals surface area contributed by atoms with Crippen molar-refractivity contribution < 1.29 is 4.39 Å². The zero-order valence-electron chi connectivity index (χ0n) is 11.4. The molecule has 23 heavy (non-hydrogen) atoms. The van der Waals surface area contributed by atoms with Gasteiger partial charge in [-0.15, -0.1) is 0 Å². The van der Waals surface area contributed by atoms with Crippen LogP contribution in [0.15, 0.2) is 46.5 Å². The summed E-state index contributed by atoms with van der Waals surface area (Å²) in [6.07, 6.45) is 0.506. The fourth-order valence-corrected chi connectivity index (χ4v) is 2.72. The number of guanidine groups is 1. The van der Waals surface area contributed by atoms with Crippen LogP contribution in [0.3, 0.4) is 0 Å². The number of amidine groups is 1.